The highest BCUT2D eigenvalue weighted by Crippen LogP contribution is 2.22. The van der Waals surface area contributed by atoms with Gasteiger partial charge in [0.05, 0.1) is 5.92 Å². The van der Waals surface area contributed by atoms with Crippen molar-refractivity contribution in [3.63, 3.8) is 0 Å². The lowest BCUT2D eigenvalue weighted by Crippen LogP contribution is -2.48. The van der Waals surface area contributed by atoms with Crippen LogP contribution in [0.2, 0.25) is 0 Å². The van der Waals surface area contributed by atoms with E-state index >= 15 is 0 Å². The van der Waals surface area contributed by atoms with Gasteiger partial charge in [-0.25, -0.2) is 0 Å². The van der Waals surface area contributed by atoms with Crippen molar-refractivity contribution < 1.29 is 18.8 Å². The first-order chi connectivity index (χ1) is 12.3. The maximum absolute atomic E-state index is 12.5. The van der Waals surface area contributed by atoms with Gasteiger partial charge in [-0.05, 0) is 54.8 Å². The number of rotatable bonds is 4. The molecule has 0 spiro atoms. The summed E-state index contributed by atoms with van der Waals surface area (Å²) in [7, 11) is 0. The normalized spacial score (nSPS) is 21.5. The molecule has 3 rings (SSSR count). The molecule has 1 unspecified atom stereocenters. The Balaban J connectivity index is 1.47. The Morgan fingerprint density at radius 3 is 2.50 bits per heavy atom. The van der Waals surface area contributed by atoms with Gasteiger partial charge in [0.25, 0.3) is 5.91 Å². The molecule has 0 radical (unpaired) electrons. The molecule has 2 saturated heterocycles. The van der Waals surface area contributed by atoms with Crippen LogP contribution in [0.15, 0.2) is 21.2 Å². The minimum Gasteiger partial charge on any atom is -0.444 e. The predicted molar refractivity (Wildman–Crippen MR) is 98.4 cm³/mol. The third kappa shape index (κ3) is 4.11. The molecular formula is C18H24BrN3O4. The Kier molecular flexibility index (Phi) is 5.70. The summed E-state index contributed by atoms with van der Waals surface area (Å²) in [5, 5.41) is 3.06. The Labute approximate surface area is 161 Å². The molecule has 1 atom stereocenters. The largest absolute Gasteiger partial charge is 0.444 e. The zero-order chi connectivity index (χ0) is 18.8. The van der Waals surface area contributed by atoms with E-state index in [0.717, 1.165) is 0 Å². The molecule has 2 fully saturated rings. The van der Waals surface area contributed by atoms with Crippen molar-refractivity contribution in [3.8, 4) is 0 Å². The number of carbonyl (C=O) groups excluding carboxylic acids is 3. The fourth-order valence-electron chi connectivity index (χ4n) is 3.54. The first-order valence-electron chi connectivity index (χ1n) is 8.99. The molecule has 0 bridgehead atoms. The molecular weight excluding hydrogens is 402 g/mol. The molecule has 0 aliphatic carbocycles. The number of furan rings is 1. The second kappa shape index (κ2) is 7.82. The van der Waals surface area contributed by atoms with Gasteiger partial charge in [-0.2, -0.15) is 0 Å². The van der Waals surface area contributed by atoms with Crippen LogP contribution in [0.1, 0.15) is 43.7 Å². The zero-order valence-electron chi connectivity index (χ0n) is 15.0. The first kappa shape index (κ1) is 18.9. The molecule has 0 aromatic carbocycles. The summed E-state index contributed by atoms with van der Waals surface area (Å²) in [4.78, 5) is 40.3. The van der Waals surface area contributed by atoms with Gasteiger partial charge in [-0.3, -0.25) is 14.4 Å². The summed E-state index contributed by atoms with van der Waals surface area (Å²) < 4.78 is 5.85. The first-order valence-corrected chi connectivity index (χ1v) is 9.79. The molecule has 26 heavy (non-hydrogen) atoms. The fraction of sp³-hybridized carbons (Fsp3) is 0.611. The van der Waals surface area contributed by atoms with Crippen LogP contribution >= 0.6 is 15.9 Å². The highest BCUT2D eigenvalue weighted by Gasteiger charge is 2.36. The van der Waals surface area contributed by atoms with Gasteiger partial charge in [0, 0.05) is 38.1 Å². The summed E-state index contributed by atoms with van der Waals surface area (Å²) in [5.41, 5.74) is 0. The molecule has 1 N–H and O–H groups in total. The summed E-state index contributed by atoms with van der Waals surface area (Å²) in [6, 6.07) is 3.51. The van der Waals surface area contributed by atoms with E-state index in [4.69, 9.17) is 4.42 Å². The molecule has 3 amide bonds. The summed E-state index contributed by atoms with van der Waals surface area (Å²) in [5.74, 6) is -0.0940. The SMILES string of the molecule is CC(C)N1CC(C(=O)NC2CCN(C(=O)c3ccc(Br)o3)CC2)CC1=O. The van der Waals surface area contributed by atoms with E-state index in [1.54, 1.807) is 21.9 Å². The number of amides is 3. The van der Waals surface area contributed by atoms with Crippen molar-refractivity contribution in [2.45, 2.75) is 45.2 Å². The van der Waals surface area contributed by atoms with Crippen LogP contribution in [-0.2, 0) is 9.59 Å². The van der Waals surface area contributed by atoms with Crippen LogP contribution < -0.4 is 5.32 Å². The van der Waals surface area contributed by atoms with Crippen LogP contribution in [0.5, 0.6) is 0 Å². The standard InChI is InChI=1S/C18H24BrN3O4/c1-11(2)22-10-12(9-16(22)23)17(24)20-13-5-7-21(8-6-13)18(25)14-3-4-15(19)26-14/h3-4,11-13H,5-10H2,1-2H3,(H,20,24). The van der Waals surface area contributed by atoms with Gasteiger partial charge in [-0.1, -0.05) is 0 Å². The number of nitrogens with zero attached hydrogens (tertiary/aromatic N) is 2. The Hall–Kier alpha value is -1.83. The van der Waals surface area contributed by atoms with Crippen LogP contribution in [0, 0.1) is 5.92 Å². The monoisotopic (exact) mass is 425 g/mol. The molecule has 2 aliphatic rings. The number of likely N-dealkylation sites (tertiary alicyclic amines) is 2. The second-order valence-corrected chi connectivity index (χ2v) is 8.00. The van der Waals surface area contributed by atoms with Crippen LogP contribution in [-0.4, -0.2) is 59.2 Å². The van der Waals surface area contributed by atoms with E-state index in [-0.39, 0.29) is 42.1 Å². The number of hydrogen-bond donors (Lipinski definition) is 1. The Morgan fingerprint density at radius 1 is 1.27 bits per heavy atom. The van der Waals surface area contributed by atoms with E-state index in [2.05, 4.69) is 21.2 Å². The van der Waals surface area contributed by atoms with Crippen LogP contribution in [0.3, 0.4) is 0 Å². The third-order valence-corrected chi connectivity index (χ3v) is 5.49. The Morgan fingerprint density at radius 2 is 1.96 bits per heavy atom. The number of halogens is 1. The minimum absolute atomic E-state index is 0.0399. The average molecular weight is 426 g/mol. The van der Waals surface area contributed by atoms with Gasteiger partial charge in [0.2, 0.25) is 11.8 Å². The quantitative estimate of drug-likeness (QED) is 0.799. The second-order valence-electron chi connectivity index (χ2n) is 7.22. The summed E-state index contributed by atoms with van der Waals surface area (Å²) in [6.45, 7) is 5.56. The lowest BCUT2D eigenvalue weighted by molar-refractivity contribution is -0.130. The molecule has 0 saturated carbocycles. The molecule has 8 heteroatoms. The van der Waals surface area contributed by atoms with E-state index in [9.17, 15) is 14.4 Å². The number of piperidine rings is 1. The van der Waals surface area contributed by atoms with Crippen molar-refractivity contribution in [1.82, 2.24) is 15.1 Å². The maximum Gasteiger partial charge on any atom is 0.289 e. The van der Waals surface area contributed by atoms with Gasteiger partial charge >= 0.3 is 0 Å². The minimum atomic E-state index is -0.273. The topological polar surface area (TPSA) is 82.9 Å². The molecule has 142 valence electrons. The van der Waals surface area contributed by atoms with E-state index in [1.807, 2.05) is 13.8 Å². The van der Waals surface area contributed by atoms with Crippen LogP contribution in [0.4, 0.5) is 0 Å². The molecule has 1 aromatic rings. The number of carbonyl (C=O) groups is 3. The van der Waals surface area contributed by atoms with E-state index < -0.39 is 0 Å². The summed E-state index contributed by atoms with van der Waals surface area (Å²) in [6.07, 6.45) is 1.69. The average Bonchev–Trinajstić information content (AvgIpc) is 3.21. The third-order valence-electron chi connectivity index (χ3n) is 5.07. The highest BCUT2D eigenvalue weighted by molar-refractivity contribution is 9.10. The predicted octanol–water partition coefficient (Wildman–Crippen LogP) is 2.02. The fourth-order valence-corrected chi connectivity index (χ4v) is 3.84. The van der Waals surface area contributed by atoms with Crippen molar-refractivity contribution in [3.05, 3.63) is 22.6 Å². The maximum atomic E-state index is 12.5. The van der Waals surface area contributed by atoms with Gasteiger partial charge in [0.1, 0.15) is 0 Å². The zero-order valence-corrected chi connectivity index (χ0v) is 16.6. The lowest BCUT2D eigenvalue weighted by atomic mass is 10.0. The van der Waals surface area contributed by atoms with Gasteiger partial charge in [-0.15, -0.1) is 0 Å². The smallest absolute Gasteiger partial charge is 0.289 e. The van der Waals surface area contributed by atoms with Crippen molar-refractivity contribution in [1.29, 1.82) is 0 Å². The van der Waals surface area contributed by atoms with E-state index in [0.29, 0.717) is 42.9 Å². The van der Waals surface area contributed by atoms with Crippen molar-refractivity contribution >= 4 is 33.7 Å². The number of hydrogen-bond acceptors (Lipinski definition) is 4. The molecule has 1 aromatic heterocycles. The lowest BCUT2D eigenvalue weighted by Gasteiger charge is -2.32. The molecule has 7 nitrogen and oxygen atoms in total. The van der Waals surface area contributed by atoms with Crippen LogP contribution in [0.25, 0.3) is 0 Å². The van der Waals surface area contributed by atoms with Gasteiger partial charge < -0.3 is 19.5 Å². The van der Waals surface area contributed by atoms with E-state index in [1.165, 1.54) is 0 Å². The van der Waals surface area contributed by atoms with Gasteiger partial charge in [0.15, 0.2) is 10.4 Å². The molecule has 3 heterocycles. The summed E-state index contributed by atoms with van der Waals surface area (Å²) >= 11 is 3.20. The van der Waals surface area contributed by atoms with Crippen molar-refractivity contribution in [2.75, 3.05) is 19.6 Å². The van der Waals surface area contributed by atoms with Crippen molar-refractivity contribution in [2.24, 2.45) is 5.92 Å². The number of nitrogens with one attached hydrogen (secondary N) is 1. The molecule has 2 aliphatic heterocycles. The Bertz CT molecular complexity index is 694. The highest BCUT2D eigenvalue weighted by atomic mass is 79.9.